The molecule has 5 heteroatoms. The molecule has 0 aliphatic rings. The highest BCUT2D eigenvalue weighted by Crippen LogP contribution is 2.25. The van der Waals surface area contributed by atoms with Crippen LogP contribution in [0.3, 0.4) is 0 Å². The highest BCUT2D eigenvalue weighted by molar-refractivity contribution is 5.26. The van der Waals surface area contributed by atoms with Gasteiger partial charge in [0.05, 0.1) is 12.1 Å². The Bertz CT molecular complexity index is 589. The molecule has 0 unspecified atom stereocenters. The minimum absolute atomic E-state index is 0.122. The van der Waals surface area contributed by atoms with E-state index in [4.69, 9.17) is 5.73 Å². The summed E-state index contributed by atoms with van der Waals surface area (Å²) in [6.45, 7) is 0. The third-order valence-corrected chi connectivity index (χ3v) is 3.11. The molecule has 0 amide bonds. The van der Waals surface area contributed by atoms with Crippen molar-refractivity contribution in [2.24, 2.45) is 5.73 Å². The Morgan fingerprint density at radius 3 is 2.20 bits per heavy atom. The van der Waals surface area contributed by atoms with Gasteiger partial charge in [0.25, 0.3) is 0 Å². The largest absolute Gasteiger partial charge is 0.391 e. The molecule has 2 aromatic carbocycles. The molecule has 0 bridgehead atoms. The summed E-state index contributed by atoms with van der Waals surface area (Å²) in [5.74, 6) is -3.52. The molecule has 3 N–H and O–H groups in total. The van der Waals surface area contributed by atoms with Crippen LogP contribution in [0.25, 0.3) is 0 Å². The summed E-state index contributed by atoms with van der Waals surface area (Å²) in [5.41, 5.74) is 5.80. The Labute approximate surface area is 114 Å². The second-order valence-electron chi connectivity index (χ2n) is 4.54. The lowest BCUT2D eigenvalue weighted by Gasteiger charge is -2.20. The van der Waals surface area contributed by atoms with Crippen LogP contribution in [0.2, 0.25) is 0 Å². The molecule has 0 saturated carbocycles. The van der Waals surface area contributed by atoms with Gasteiger partial charge >= 0.3 is 0 Å². The normalized spacial score (nSPS) is 14.1. The predicted molar refractivity (Wildman–Crippen MR) is 69.4 cm³/mol. The number of rotatable bonds is 4. The number of nitrogens with two attached hydrogens (primary N) is 1. The lowest BCUT2D eigenvalue weighted by atomic mass is 9.96. The van der Waals surface area contributed by atoms with Gasteiger partial charge in [-0.15, -0.1) is 0 Å². The van der Waals surface area contributed by atoms with Gasteiger partial charge in [-0.05, 0) is 17.7 Å². The van der Waals surface area contributed by atoms with Crippen molar-refractivity contribution in [1.82, 2.24) is 0 Å². The first-order valence-electron chi connectivity index (χ1n) is 6.11. The van der Waals surface area contributed by atoms with E-state index in [0.717, 1.165) is 11.6 Å². The molecule has 0 fully saturated rings. The summed E-state index contributed by atoms with van der Waals surface area (Å²) >= 11 is 0. The maximum Gasteiger partial charge on any atom is 0.166 e. The molecular weight excluding hydrogens is 267 g/mol. The molecule has 0 aliphatic carbocycles. The van der Waals surface area contributed by atoms with Crippen LogP contribution in [-0.2, 0) is 6.42 Å². The monoisotopic (exact) mass is 281 g/mol. The van der Waals surface area contributed by atoms with E-state index in [-0.39, 0.29) is 6.42 Å². The van der Waals surface area contributed by atoms with Crippen molar-refractivity contribution in [1.29, 1.82) is 0 Å². The molecule has 0 radical (unpaired) electrons. The molecule has 2 atom stereocenters. The van der Waals surface area contributed by atoms with Crippen LogP contribution in [0.15, 0.2) is 42.5 Å². The van der Waals surface area contributed by atoms with E-state index >= 15 is 0 Å². The van der Waals surface area contributed by atoms with Crippen LogP contribution in [-0.4, -0.2) is 11.2 Å². The summed E-state index contributed by atoms with van der Waals surface area (Å²) in [7, 11) is 0. The number of benzene rings is 2. The summed E-state index contributed by atoms with van der Waals surface area (Å²) in [5, 5.41) is 9.98. The number of hydrogen-bond donors (Lipinski definition) is 2. The second-order valence-corrected chi connectivity index (χ2v) is 4.54. The zero-order valence-electron chi connectivity index (χ0n) is 10.6. The van der Waals surface area contributed by atoms with Gasteiger partial charge in [0, 0.05) is 12.0 Å². The Balaban J connectivity index is 2.23. The highest BCUT2D eigenvalue weighted by atomic mass is 19.2. The summed E-state index contributed by atoms with van der Waals surface area (Å²) in [6.07, 6.45) is -1.10. The van der Waals surface area contributed by atoms with Crippen LogP contribution in [0.4, 0.5) is 13.2 Å². The first kappa shape index (κ1) is 14.6. The molecule has 2 nitrogen and oxygen atoms in total. The smallest absolute Gasteiger partial charge is 0.166 e. The van der Waals surface area contributed by atoms with Crippen LogP contribution >= 0.6 is 0 Å². The molecule has 0 spiro atoms. The molecule has 2 rings (SSSR count). The van der Waals surface area contributed by atoms with Crippen molar-refractivity contribution in [3.8, 4) is 0 Å². The van der Waals surface area contributed by atoms with E-state index in [1.165, 1.54) is 0 Å². The highest BCUT2D eigenvalue weighted by Gasteiger charge is 2.25. The van der Waals surface area contributed by atoms with Crippen molar-refractivity contribution in [3.63, 3.8) is 0 Å². The molecular formula is C15H14F3NO. The Hall–Kier alpha value is -1.85. The zero-order valence-corrected chi connectivity index (χ0v) is 10.6. The van der Waals surface area contributed by atoms with Crippen molar-refractivity contribution in [3.05, 3.63) is 71.0 Å². The van der Waals surface area contributed by atoms with E-state index in [0.29, 0.717) is 6.07 Å². The summed E-state index contributed by atoms with van der Waals surface area (Å²) < 4.78 is 40.3. The molecule has 106 valence electrons. The molecule has 2 aromatic rings. The third kappa shape index (κ3) is 3.00. The first-order chi connectivity index (χ1) is 9.50. The molecule has 0 heterocycles. The molecule has 20 heavy (non-hydrogen) atoms. The fourth-order valence-electron chi connectivity index (χ4n) is 2.02. The van der Waals surface area contributed by atoms with E-state index < -0.39 is 35.2 Å². The number of halogens is 3. The van der Waals surface area contributed by atoms with Crippen LogP contribution < -0.4 is 5.73 Å². The van der Waals surface area contributed by atoms with Crippen molar-refractivity contribution in [2.45, 2.75) is 18.6 Å². The number of aliphatic hydroxyl groups excluding tert-OH is 1. The van der Waals surface area contributed by atoms with Gasteiger partial charge in [0.1, 0.15) is 5.82 Å². The number of aliphatic hydroxyl groups is 1. The molecule has 0 saturated heterocycles. The van der Waals surface area contributed by atoms with Crippen LogP contribution in [0.5, 0.6) is 0 Å². The van der Waals surface area contributed by atoms with E-state index in [9.17, 15) is 18.3 Å². The molecule has 0 aromatic heterocycles. The van der Waals surface area contributed by atoms with Gasteiger partial charge in [0.15, 0.2) is 11.6 Å². The maximum atomic E-state index is 13.6. The Morgan fingerprint density at radius 1 is 0.950 bits per heavy atom. The van der Waals surface area contributed by atoms with Crippen molar-refractivity contribution < 1.29 is 18.3 Å². The average Bonchev–Trinajstić information content (AvgIpc) is 2.44. The van der Waals surface area contributed by atoms with E-state index in [2.05, 4.69) is 0 Å². The van der Waals surface area contributed by atoms with E-state index in [1.807, 2.05) is 6.07 Å². The van der Waals surface area contributed by atoms with E-state index in [1.54, 1.807) is 24.3 Å². The minimum Gasteiger partial charge on any atom is -0.391 e. The van der Waals surface area contributed by atoms with Crippen LogP contribution in [0.1, 0.15) is 17.2 Å². The SMILES string of the molecule is N[C@H](c1c(F)ccc(F)c1F)[C@@H](O)Cc1ccccc1. The topological polar surface area (TPSA) is 46.2 Å². The van der Waals surface area contributed by atoms with Gasteiger partial charge in [0.2, 0.25) is 0 Å². The van der Waals surface area contributed by atoms with Crippen LogP contribution in [0, 0.1) is 17.5 Å². The third-order valence-electron chi connectivity index (χ3n) is 3.11. The minimum atomic E-state index is -1.36. The van der Waals surface area contributed by atoms with Gasteiger partial charge in [-0.2, -0.15) is 0 Å². The standard InChI is InChI=1S/C15H14F3NO/c16-10-6-7-11(17)14(18)13(10)15(19)12(20)8-9-4-2-1-3-5-9/h1-7,12,15,20H,8,19H2/t12-,15-/m0/s1. The Kier molecular flexibility index (Phi) is 4.42. The van der Waals surface area contributed by atoms with Gasteiger partial charge in [-0.3, -0.25) is 0 Å². The van der Waals surface area contributed by atoms with Crippen molar-refractivity contribution in [2.75, 3.05) is 0 Å². The maximum absolute atomic E-state index is 13.6. The number of hydrogen-bond acceptors (Lipinski definition) is 2. The molecule has 0 aliphatic heterocycles. The second kappa shape index (κ2) is 6.07. The fourth-order valence-corrected chi connectivity index (χ4v) is 2.02. The quantitative estimate of drug-likeness (QED) is 0.846. The van der Waals surface area contributed by atoms with Gasteiger partial charge in [-0.25, -0.2) is 13.2 Å². The summed E-state index contributed by atoms with van der Waals surface area (Å²) in [4.78, 5) is 0. The van der Waals surface area contributed by atoms with Gasteiger partial charge < -0.3 is 10.8 Å². The Morgan fingerprint density at radius 2 is 1.55 bits per heavy atom. The van der Waals surface area contributed by atoms with Gasteiger partial charge in [-0.1, -0.05) is 30.3 Å². The van der Waals surface area contributed by atoms with Crippen molar-refractivity contribution >= 4 is 0 Å². The zero-order chi connectivity index (χ0) is 14.7. The predicted octanol–water partition coefficient (Wildman–Crippen LogP) is 2.71. The lowest BCUT2D eigenvalue weighted by molar-refractivity contribution is 0.141. The lowest BCUT2D eigenvalue weighted by Crippen LogP contribution is -2.30. The fraction of sp³-hybridized carbons (Fsp3) is 0.200. The average molecular weight is 281 g/mol. The first-order valence-corrected chi connectivity index (χ1v) is 6.11. The summed E-state index contributed by atoms with van der Waals surface area (Å²) in [6, 6.07) is 9.01.